The second kappa shape index (κ2) is 5.94. The molecule has 1 amide bonds. The van der Waals surface area contributed by atoms with Gasteiger partial charge >= 0.3 is 6.09 Å². The number of hydrogen-bond donors (Lipinski definition) is 0. The van der Waals surface area contributed by atoms with Gasteiger partial charge in [0.25, 0.3) is 0 Å². The lowest BCUT2D eigenvalue weighted by molar-refractivity contribution is 0.160. The fourth-order valence-electron chi connectivity index (χ4n) is 1.81. The van der Waals surface area contributed by atoms with Crippen LogP contribution in [0.5, 0.6) is 0 Å². The molecule has 1 aromatic rings. The Labute approximate surface area is 125 Å². The topological polar surface area (TPSA) is 29.5 Å². The second-order valence-corrected chi connectivity index (χ2v) is 11.4. The summed E-state index contributed by atoms with van der Waals surface area (Å²) >= 11 is 1.61. The summed E-state index contributed by atoms with van der Waals surface area (Å²) in [5.74, 6) is 3.26. The fourth-order valence-corrected chi connectivity index (χ4v) is 3.60. The largest absolute Gasteiger partial charge is 0.449 e. The quantitative estimate of drug-likeness (QED) is 0.581. The van der Waals surface area contributed by atoms with Crippen molar-refractivity contribution in [2.45, 2.75) is 36.8 Å². The number of hydrogen-bond acceptors (Lipinski definition) is 3. The Hall–Kier alpha value is -1.38. The molecule has 106 valence electrons. The predicted octanol–water partition coefficient (Wildman–Crippen LogP) is 3.96. The molecule has 2 rings (SSSR count). The number of anilines is 1. The smallest absolute Gasteiger partial charge is 0.416 e. The molecule has 0 fully saturated rings. The maximum absolute atomic E-state index is 12.2. The van der Waals surface area contributed by atoms with E-state index in [0.717, 1.165) is 10.6 Å². The van der Waals surface area contributed by atoms with Gasteiger partial charge in [0, 0.05) is 4.90 Å². The molecule has 1 unspecified atom stereocenters. The maximum Gasteiger partial charge on any atom is 0.416 e. The Morgan fingerprint density at radius 1 is 1.40 bits per heavy atom. The summed E-state index contributed by atoms with van der Waals surface area (Å²) in [6.07, 6.45) is -0.320. The molecular weight excluding hydrogens is 286 g/mol. The Balaban J connectivity index is 2.33. The molecule has 1 heterocycles. The molecule has 0 bridgehead atoms. The monoisotopic (exact) mass is 305 g/mol. The fraction of sp³-hybridized carbons (Fsp3) is 0.400. The number of carbonyl (C=O) groups excluding carboxylic acids is 1. The van der Waals surface area contributed by atoms with Gasteiger partial charge in [0.05, 0.1) is 12.3 Å². The summed E-state index contributed by atoms with van der Waals surface area (Å²) in [5.41, 5.74) is 4.24. The molecule has 0 radical (unpaired) electrons. The van der Waals surface area contributed by atoms with Gasteiger partial charge < -0.3 is 4.74 Å². The SMILES string of the molecule is CCOC(=O)N1c2ccccc2SC1C#C[Si](C)(C)C. The minimum atomic E-state index is -1.46. The van der Waals surface area contributed by atoms with Crippen LogP contribution in [0, 0.1) is 11.5 Å². The van der Waals surface area contributed by atoms with Crippen molar-refractivity contribution in [2.75, 3.05) is 11.5 Å². The number of fused-ring (bicyclic) bond motifs is 1. The molecule has 3 nitrogen and oxygen atoms in total. The summed E-state index contributed by atoms with van der Waals surface area (Å²) in [5, 5.41) is -0.182. The first-order valence-electron chi connectivity index (χ1n) is 6.67. The molecule has 1 aliphatic rings. The Morgan fingerprint density at radius 3 is 2.75 bits per heavy atom. The van der Waals surface area contributed by atoms with Crippen molar-refractivity contribution < 1.29 is 9.53 Å². The van der Waals surface area contributed by atoms with Crippen molar-refractivity contribution in [1.29, 1.82) is 0 Å². The molecule has 1 aliphatic heterocycles. The van der Waals surface area contributed by atoms with Crippen LogP contribution in [0.25, 0.3) is 0 Å². The minimum absolute atomic E-state index is 0.182. The van der Waals surface area contributed by atoms with Gasteiger partial charge in [-0.3, -0.25) is 4.90 Å². The van der Waals surface area contributed by atoms with Crippen molar-refractivity contribution in [1.82, 2.24) is 0 Å². The van der Waals surface area contributed by atoms with Crippen molar-refractivity contribution >= 4 is 31.6 Å². The van der Waals surface area contributed by atoms with E-state index in [0.29, 0.717) is 6.61 Å². The van der Waals surface area contributed by atoms with Crippen LogP contribution in [0.1, 0.15) is 6.92 Å². The third-order valence-corrected chi connectivity index (χ3v) is 4.68. The van der Waals surface area contributed by atoms with Crippen molar-refractivity contribution in [2.24, 2.45) is 0 Å². The van der Waals surface area contributed by atoms with Gasteiger partial charge in [-0.15, -0.1) is 5.54 Å². The van der Waals surface area contributed by atoms with Crippen molar-refractivity contribution in [3.05, 3.63) is 24.3 Å². The Morgan fingerprint density at radius 2 is 2.10 bits per heavy atom. The van der Waals surface area contributed by atoms with E-state index in [1.165, 1.54) is 0 Å². The van der Waals surface area contributed by atoms with E-state index in [1.54, 1.807) is 16.7 Å². The molecule has 0 N–H and O–H groups in total. The van der Waals surface area contributed by atoms with Gasteiger partial charge in [-0.2, -0.15) is 0 Å². The van der Waals surface area contributed by atoms with Gasteiger partial charge in [-0.25, -0.2) is 4.79 Å². The van der Waals surface area contributed by atoms with Gasteiger partial charge in [0.2, 0.25) is 0 Å². The molecule has 1 aromatic carbocycles. The standard InChI is InChI=1S/C15H19NO2SSi/c1-5-18-15(17)16-12-8-6-7-9-13(12)19-14(16)10-11-20(2,3)4/h6-9,14H,5H2,1-4H3. The van der Waals surface area contributed by atoms with Crippen molar-refractivity contribution in [3.63, 3.8) is 0 Å². The van der Waals surface area contributed by atoms with Gasteiger partial charge in [0.1, 0.15) is 8.07 Å². The Kier molecular flexibility index (Phi) is 4.46. The summed E-state index contributed by atoms with van der Waals surface area (Å²) < 4.78 is 5.16. The number of rotatable bonds is 1. The van der Waals surface area contributed by atoms with E-state index in [2.05, 4.69) is 31.1 Å². The second-order valence-electron chi connectivity index (χ2n) is 5.53. The summed E-state index contributed by atoms with van der Waals surface area (Å²) in [7, 11) is -1.46. The summed E-state index contributed by atoms with van der Waals surface area (Å²) in [4.78, 5) is 14.9. The molecule has 0 spiro atoms. The van der Waals surface area contributed by atoms with Crippen LogP contribution in [-0.2, 0) is 4.74 Å². The molecule has 20 heavy (non-hydrogen) atoms. The summed E-state index contributed by atoms with van der Waals surface area (Å²) in [6, 6.07) is 7.86. The first kappa shape index (κ1) is 15.0. The van der Waals surface area contributed by atoms with Crippen LogP contribution in [0.4, 0.5) is 10.5 Å². The number of benzene rings is 1. The molecule has 1 atom stereocenters. The number of thioether (sulfide) groups is 1. The molecule has 0 saturated heterocycles. The van der Waals surface area contributed by atoms with Gasteiger partial charge in [-0.05, 0) is 19.1 Å². The molecular formula is C15H19NO2SSi. The molecule has 5 heteroatoms. The number of para-hydroxylation sites is 1. The van der Waals surface area contributed by atoms with Crippen LogP contribution >= 0.6 is 11.8 Å². The highest BCUT2D eigenvalue weighted by Crippen LogP contribution is 2.43. The zero-order chi connectivity index (χ0) is 14.8. The van der Waals surface area contributed by atoms with Crippen molar-refractivity contribution in [3.8, 4) is 11.5 Å². The lowest BCUT2D eigenvalue weighted by Crippen LogP contribution is -2.35. The molecule has 0 saturated carbocycles. The van der Waals surface area contributed by atoms with E-state index in [9.17, 15) is 4.79 Å². The highest BCUT2D eigenvalue weighted by Gasteiger charge is 2.34. The van der Waals surface area contributed by atoms with Gasteiger partial charge in [-0.1, -0.05) is 49.5 Å². The molecule has 0 aliphatic carbocycles. The van der Waals surface area contributed by atoms with Crippen LogP contribution in [0.2, 0.25) is 19.6 Å². The lowest BCUT2D eigenvalue weighted by Gasteiger charge is -2.20. The van der Waals surface area contributed by atoms with E-state index < -0.39 is 8.07 Å². The van der Waals surface area contributed by atoms with Crippen LogP contribution < -0.4 is 4.90 Å². The van der Waals surface area contributed by atoms with Gasteiger partial charge in [0.15, 0.2) is 5.37 Å². The number of amides is 1. The first-order chi connectivity index (χ1) is 9.42. The third-order valence-electron chi connectivity index (χ3n) is 2.63. The third kappa shape index (κ3) is 3.38. The van der Waals surface area contributed by atoms with Crippen LogP contribution in [-0.4, -0.2) is 26.1 Å². The number of nitrogens with zero attached hydrogens (tertiary/aromatic N) is 1. The van der Waals surface area contributed by atoms with E-state index in [-0.39, 0.29) is 11.5 Å². The lowest BCUT2D eigenvalue weighted by atomic mass is 10.3. The minimum Gasteiger partial charge on any atom is -0.449 e. The van der Waals surface area contributed by atoms with Crippen LogP contribution in [0.15, 0.2) is 29.2 Å². The predicted molar refractivity (Wildman–Crippen MR) is 86.7 cm³/mol. The van der Waals surface area contributed by atoms with Crippen LogP contribution in [0.3, 0.4) is 0 Å². The number of ether oxygens (including phenoxy) is 1. The van der Waals surface area contributed by atoms with E-state index in [1.807, 2.05) is 31.2 Å². The zero-order valence-electron chi connectivity index (χ0n) is 12.3. The average Bonchev–Trinajstić information content (AvgIpc) is 2.74. The number of carbonyl (C=O) groups is 1. The Bertz CT molecular complexity index is 571. The highest BCUT2D eigenvalue weighted by molar-refractivity contribution is 8.00. The zero-order valence-corrected chi connectivity index (χ0v) is 14.1. The highest BCUT2D eigenvalue weighted by atomic mass is 32.2. The van der Waals surface area contributed by atoms with E-state index in [4.69, 9.17) is 4.74 Å². The first-order valence-corrected chi connectivity index (χ1v) is 11.0. The maximum atomic E-state index is 12.2. The summed E-state index contributed by atoms with van der Waals surface area (Å²) in [6.45, 7) is 8.77. The molecule has 0 aromatic heterocycles. The van der Waals surface area contributed by atoms with E-state index >= 15 is 0 Å². The normalized spacial score (nSPS) is 17.2. The average molecular weight is 305 g/mol.